The SMILES string of the molecule is C[C@]1([C@H](C[N+](=O)[O-])c2ccc3ccccc3c2)C=CC(=O)O1. The van der Waals surface area contributed by atoms with Crippen molar-refractivity contribution in [3.63, 3.8) is 0 Å². The van der Waals surface area contributed by atoms with E-state index >= 15 is 0 Å². The lowest BCUT2D eigenvalue weighted by Gasteiger charge is -2.29. The fourth-order valence-corrected chi connectivity index (χ4v) is 2.90. The van der Waals surface area contributed by atoms with Gasteiger partial charge in [-0.05, 0) is 29.3 Å². The molecule has 0 unspecified atom stereocenters. The lowest BCUT2D eigenvalue weighted by atomic mass is 9.82. The van der Waals surface area contributed by atoms with Crippen molar-refractivity contribution in [2.75, 3.05) is 6.54 Å². The van der Waals surface area contributed by atoms with E-state index in [2.05, 4.69) is 0 Å². The number of ether oxygens (including phenoxy) is 1. The van der Waals surface area contributed by atoms with Crippen LogP contribution in [0.2, 0.25) is 0 Å². The van der Waals surface area contributed by atoms with Gasteiger partial charge in [-0.1, -0.05) is 42.5 Å². The molecule has 22 heavy (non-hydrogen) atoms. The van der Waals surface area contributed by atoms with Crippen molar-refractivity contribution in [2.45, 2.75) is 18.4 Å². The molecule has 2 atom stereocenters. The van der Waals surface area contributed by atoms with Crippen LogP contribution in [0.4, 0.5) is 0 Å². The minimum Gasteiger partial charge on any atom is -0.451 e. The average molecular weight is 297 g/mol. The van der Waals surface area contributed by atoms with E-state index in [4.69, 9.17) is 4.74 Å². The van der Waals surface area contributed by atoms with E-state index in [1.165, 1.54) is 6.08 Å². The molecule has 0 bridgehead atoms. The second kappa shape index (κ2) is 5.26. The number of fused-ring (bicyclic) bond motifs is 1. The molecule has 1 aliphatic heterocycles. The van der Waals surface area contributed by atoms with Gasteiger partial charge in [0.05, 0.1) is 5.92 Å². The van der Waals surface area contributed by atoms with Gasteiger partial charge in [0.2, 0.25) is 6.54 Å². The summed E-state index contributed by atoms with van der Waals surface area (Å²) in [6.45, 7) is 1.41. The number of carbonyl (C=O) groups is 1. The molecule has 0 saturated carbocycles. The Kier molecular flexibility index (Phi) is 3.41. The topological polar surface area (TPSA) is 69.4 Å². The van der Waals surface area contributed by atoms with Crippen LogP contribution in [0.3, 0.4) is 0 Å². The van der Waals surface area contributed by atoms with Gasteiger partial charge >= 0.3 is 5.97 Å². The highest BCUT2D eigenvalue weighted by Gasteiger charge is 2.42. The largest absolute Gasteiger partial charge is 0.451 e. The van der Waals surface area contributed by atoms with E-state index in [0.29, 0.717) is 0 Å². The molecule has 2 aromatic carbocycles. The minimum absolute atomic E-state index is 0.299. The van der Waals surface area contributed by atoms with E-state index < -0.39 is 17.5 Å². The number of nitrogens with zero attached hydrogens (tertiary/aromatic N) is 1. The lowest BCUT2D eigenvalue weighted by molar-refractivity contribution is -0.486. The van der Waals surface area contributed by atoms with E-state index in [1.807, 2.05) is 42.5 Å². The van der Waals surface area contributed by atoms with Gasteiger partial charge in [-0.25, -0.2) is 4.79 Å². The molecular weight excluding hydrogens is 282 g/mol. The van der Waals surface area contributed by atoms with Crippen LogP contribution in [0.15, 0.2) is 54.6 Å². The van der Waals surface area contributed by atoms with Gasteiger partial charge in [-0.2, -0.15) is 0 Å². The summed E-state index contributed by atoms with van der Waals surface area (Å²) in [7, 11) is 0. The van der Waals surface area contributed by atoms with E-state index in [-0.39, 0.29) is 11.5 Å². The molecule has 1 aliphatic rings. The third-order valence-electron chi connectivity index (χ3n) is 4.07. The van der Waals surface area contributed by atoms with Crippen molar-refractivity contribution in [1.82, 2.24) is 0 Å². The Morgan fingerprint density at radius 1 is 1.23 bits per heavy atom. The first-order valence-corrected chi connectivity index (χ1v) is 7.01. The summed E-state index contributed by atoms with van der Waals surface area (Å²) in [5, 5.41) is 13.1. The number of rotatable bonds is 4. The first-order valence-electron chi connectivity index (χ1n) is 7.01. The number of esters is 1. The van der Waals surface area contributed by atoms with E-state index in [1.54, 1.807) is 13.0 Å². The van der Waals surface area contributed by atoms with Crippen LogP contribution in [0.25, 0.3) is 10.8 Å². The number of hydrogen-bond acceptors (Lipinski definition) is 4. The molecule has 5 heteroatoms. The van der Waals surface area contributed by atoms with Gasteiger partial charge in [0, 0.05) is 11.0 Å². The zero-order valence-electron chi connectivity index (χ0n) is 12.1. The first kappa shape index (κ1) is 14.3. The molecular formula is C17H15NO4. The molecule has 5 nitrogen and oxygen atoms in total. The number of hydrogen-bond donors (Lipinski definition) is 0. The number of nitro groups is 1. The Labute approximate surface area is 127 Å². The Morgan fingerprint density at radius 2 is 1.95 bits per heavy atom. The fraction of sp³-hybridized carbons (Fsp3) is 0.235. The molecule has 112 valence electrons. The third kappa shape index (κ3) is 2.57. The Morgan fingerprint density at radius 3 is 2.59 bits per heavy atom. The number of cyclic esters (lactones) is 1. The van der Waals surface area contributed by atoms with Gasteiger partial charge < -0.3 is 4.74 Å². The summed E-state index contributed by atoms with van der Waals surface area (Å²) < 4.78 is 5.32. The second-order valence-corrected chi connectivity index (χ2v) is 5.61. The molecule has 0 N–H and O–H groups in total. The Bertz CT molecular complexity index is 783. The molecule has 0 fully saturated rings. The lowest BCUT2D eigenvalue weighted by Crippen LogP contribution is -2.36. The zero-order valence-corrected chi connectivity index (χ0v) is 12.1. The van der Waals surface area contributed by atoms with Gasteiger partial charge in [0.15, 0.2) is 0 Å². The summed E-state index contributed by atoms with van der Waals surface area (Å²) in [6, 6.07) is 13.5. The minimum atomic E-state index is -0.993. The molecule has 0 aliphatic carbocycles. The van der Waals surface area contributed by atoms with Crippen molar-refractivity contribution in [1.29, 1.82) is 0 Å². The Balaban J connectivity index is 2.06. The zero-order chi connectivity index (χ0) is 15.7. The van der Waals surface area contributed by atoms with Gasteiger partial charge in [0.25, 0.3) is 0 Å². The highest BCUT2D eigenvalue weighted by atomic mass is 16.6. The molecule has 2 aromatic rings. The quantitative estimate of drug-likeness (QED) is 0.494. The van der Waals surface area contributed by atoms with Crippen molar-refractivity contribution in [3.8, 4) is 0 Å². The van der Waals surface area contributed by atoms with Gasteiger partial charge in [-0.15, -0.1) is 0 Å². The maximum Gasteiger partial charge on any atom is 0.331 e. The summed E-state index contributed by atoms with van der Waals surface area (Å²) in [5.74, 6) is -0.994. The van der Waals surface area contributed by atoms with Crippen LogP contribution in [0.5, 0.6) is 0 Å². The van der Waals surface area contributed by atoms with Crippen LogP contribution in [-0.2, 0) is 9.53 Å². The second-order valence-electron chi connectivity index (χ2n) is 5.61. The van der Waals surface area contributed by atoms with Crippen LogP contribution in [0, 0.1) is 10.1 Å². The van der Waals surface area contributed by atoms with Crippen molar-refractivity contribution >= 4 is 16.7 Å². The summed E-state index contributed by atoms with van der Waals surface area (Å²) in [5.41, 5.74) is -0.204. The Hall–Kier alpha value is -2.69. The molecule has 3 rings (SSSR count). The average Bonchev–Trinajstić information content (AvgIpc) is 2.84. The highest BCUT2D eigenvalue weighted by Crippen LogP contribution is 2.37. The monoisotopic (exact) mass is 297 g/mol. The third-order valence-corrected chi connectivity index (χ3v) is 4.07. The van der Waals surface area contributed by atoms with Crippen LogP contribution >= 0.6 is 0 Å². The van der Waals surface area contributed by atoms with E-state index in [0.717, 1.165) is 16.3 Å². The molecule has 0 spiro atoms. The van der Waals surface area contributed by atoms with Crippen LogP contribution in [0.1, 0.15) is 18.4 Å². The van der Waals surface area contributed by atoms with Crippen molar-refractivity contribution < 1.29 is 14.5 Å². The van der Waals surface area contributed by atoms with Gasteiger partial charge in [0.1, 0.15) is 5.60 Å². The maximum atomic E-state index is 11.4. The molecule has 0 saturated heterocycles. The summed E-state index contributed by atoms with van der Waals surface area (Å²) in [4.78, 5) is 22.1. The van der Waals surface area contributed by atoms with E-state index in [9.17, 15) is 14.9 Å². The summed E-state index contributed by atoms with van der Waals surface area (Å²) in [6.07, 6.45) is 2.94. The normalized spacial score (nSPS) is 21.8. The predicted molar refractivity (Wildman–Crippen MR) is 82.2 cm³/mol. The fourth-order valence-electron chi connectivity index (χ4n) is 2.90. The molecule has 1 heterocycles. The molecule has 0 radical (unpaired) electrons. The first-order chi connectivity index (χ1) is 10.5. The maximum absolute atomic E-state index is 11.4. The predicted octanol–water partition coefficient (Wildman–Crippen LogP) is 3.07. The standard InChI is InChI=1S/C17H15NO4/c1-17(9-8-16(19)22-17)15(11-18(20)21)14-7-6-12-4-2-3-5-13(12)10-14/h2-10,15H,11H2,1H3/t15-,17-/m1/s1. The molecule has 0 aromatic heterocycles. The van der Waals surface area contributed by atoms with Crippen LogP contribution < -0.4 is 0 Å². The number of benzene rings is 2. The smallest absolute Gasteiger partial charge is 0.331 e. The summed E-state index contributed by atoms with van der Waals surface area (Å²) >= 11 is 0. The van der Waals surface area contributed by atoms with Crippen molar-refractivity contribution in [3.05, 3.63) is 70.3 Å². The van der Waals surface area contributed by atoms with Crippen molar-refractivity contribution in [2.24, 2.45) is 0 Å². The molecule has 0 amide bonds. The highest BCUT2D eigenvalue weighted by molar-refractivity contribution is 5.86. The number of carbonyl (C=O) groups excluding carboxylic acids is 1. The van der Waals surface area contributed by atoms with Gasteiger partial charge in [-0.3, -0.25) is 10.1 Å². The van der Waals surface area contributed by atoms with Crippen LogP contribution in [-0.4, -0.2) is 23.0 Å².